The SMILES string of the molecule is Cc1cccc(C)c1NC(=O)c1ccc(OC(C)C)c(Br)c1. The topological polar surface area (TPSA) is 38.3 Å². The molecule has 1 amide bonds. The molecule has 116 valence electrons. The van der Waals surface area contributed by atoms with Gasteiger partial charge < -0.3 is 10.1 Å². The molecule has 3 nitrogen and oxygen atoms in total. The van der Waals surface area contributed by atoms with Gasteiger partial charge in [-0.05, 0) is 73.0 Å². The number of carbonyl (C=O) groups excluding carboxylic acids is 1. The molecule has 0 radical (unpaired) electrons. The van der Waals surface area contributed by atoms with Crippen LogP contribution in [0.5, 0.6) is 5.75 Å². The van der Waals surface area contributed by atoms with Crippen LogP contribution in [0.1, 0.15) is 35.3 Å². The van der Waals surface area contributed by atoms with Crippen LogP contribution in [-0.4, -0.2) is 12.0 Å². The van der Waals surface area contributed by atoms with Crippen molar-refractivity contribution in [2.75, 3.05) is 5.32 Å². The third-order valence-electron chi connectivity index (χ3n) is 3.28. The minimum Gasteiger partial charge on any atom is -0.490 e. The molecule has 2 aromatic rings. The Hall–Kier alpha value is -1.81. The highest BCUT2D eigenvalue weighted by Gasteiger charge is 2.12. The zero-order chi connectivity index (χ0) is 16.3. The van der Waals surface area contributed by atoms with Crippen LogP contribution in [0, 0.1) is 13.8 Å². The van der Waals surface area contributed by atoms with Gasteiger partial charge in [0.05, 0.1) is 10.6 Å². The quantitative estimate of drug-likeness (QED) is 0.821. The molecule has 2 aromatic carbocycles. The van der Waals surface area contributed by atoms with Crippen molar-refractivity contribution in [1.29, 1.82) is 0 Å². The van der Waals surface area contributed by atoms with Crippen LogP contribution < -0.4 is 10.1 Å². The Morgan fingerprint density at radius 1 is 1.14 bits per heavy atom. The molecule has 0 spiro atoms. The summed E-state index contributed by atoms with van der Waals surface area (Å²) in [5.41, 5.74) is 3.55. The van der Waals surface area contributed by atoms with Crippen molar-refractivity contribution >= 4 is 27.5 Å². The maximum absolute atomic E-state index is 12.4. The number of rotatable bonds is 4. The smallest absolute Gasteiger partial charge is 0.255 e. The highest BCUT2D eigenvalue weighted by molar-refractivity contribution is 9.10. The van der Waals surface area contributed by atoms with E-state index in [-0.39, 0.29) is 12.0 Å². The van der Waals surface area contributed by atoms with Gasteiger partial charge in [-0.2, -0.15) is 0 Å². The minimum absolute atomic E-state index is 0.0885. The Balaban J connectivity index is 2.22. The molecule has 1 N–H and O–H groups in total. The molecule has 0 aliphatic rings. The first kappa shape index (κ1) is 16.6. The first-order valence-corrected chi connectivity index (χ1v) is 8.01. The summed E-state index contributed by atoms with van der Waals surface area (Å²) in [6.07, 6.45) is 0.0885. The van der Waals surface area contributed by atoms with E-state index in [1.807, 2.05) is 52.0 Å². The van der Waals surface area contributed by atoms with Gasteiger partial charge >= 0.3 is 0 Å². The van der Waals surface area contributed by atoms with Crippen LogP contribution in [0.4, 0.5) is 5.69 Å². The molecule has 0 atom stereocenters. The maximum Gasteiger partial charge on any atom is 0.255 e. The predicted molar refractivity (Wildman–Crippen MR) is 93.8 cm³/mol. The van der Waals surface area contributed by atoms with Gasteiger partial charge in [-0.1, -0.05) is 18.2 Å². The van der Waals surface area contributed by atoms with Crippen molar-refractivity contribution in [2.24, 2.45) is 0 Å². The monoisotopic (exact) mass is 361 g/mol. The van der Waals surface area contributed by atoms with Gasteiger partial charge in [-0.15, -0.1) is 0 Å². The van der Waals surface area contributed by atoms with Crippen molar-refractivity contribution < 1.29 is 9.53 Å². The van der Waals surface area contributed by atoms with E-state index in [4.69, 9.17) is 4.74 Å². The molecule has 0 fully saturated rings. The van der Waals surface area contributed by atoms with E-state index in [9.17, 15) is 4.79 Å². The lowest BCUT2D eigenvalue weighted by molar-refractivity contribution is 0.102. The minimum atomic E-state index is -0.130. The fourth-order valence-electron chi connectivity index (χ4n) is 2.19. The third kappa shape index (κ3) is 3.89. The molecule has 0 aliphatic carbocycles. The number of ether oxygens (including phenoxy) is 1. The second-order valence-corrected chi connectivity index (χ2v) is 6.39. The number of aryl methyl sites for hydroxylation is 2. The molecule has 0 heterocycles. The summed E-state index contributed by atoms with van der Waals surface area (Å²) in [6.45, 7) is 7.90. The van der Waals surface area contributed by atoms with Crippen molar-refractivity contribution in [3.63, 3.8) is 0 Å². The molecular formula is C18H20BrNO2. The fourth-order valence-corrected chi connectivity index (χ4v) is 2.66. The van der Waals surface area contributed by atoms with E-state index in [1.54, 1.807) is 12.1 Å². The molecule has 0 unspecified atom stereocenters. The van der Waals surface area contributed by atoms with E-state index >= 15 is 0 Å². The van der Waals surface area contributed by atoms with Gasteiger partial charge in [0.2, 0.25) is 0 Å². The molecule has 2 rings (SSSR count). The largest absolute Gasteiger partial charge is 0.490 e. The molecule has 22 heavy (non-hydrogen) atoms. The van der Waals surface area contributed by atoms with E-state index in [0.717, 1.165) is 27.0 Å². The number of carbonyl (C=O) groups is 1. The lowest BCUT2D eigenvalue weighted by Crippen LogP contribution is -2.14. The lowest BCUT2D eigenvalue weighted by atomic mass is 10.1. The normalized spacial score (nSPS) is 10.6. The number of halogens is 1. The van der Waals surface area contributed by atoms with E-state index in [0.29, 0.717) is 5.56 Å². The maximum atomic E-state index is 12.4. The van der Waals surface area contributed by atoms with Crippen LogP contribution in [0.15, 0.2) is 40.9 Å². The summed E-state index contributed by atoms with van der Waals surface area (Å²) in [5, 5.41) is 2.98. The fraction of sp³-hybridized carbons (Fsp3) is 0.278. The van der Waals surface area contributed by atoms with Crippen molar-refractivity contribution in [3.8, 4) is 5.75 Å². The van der Waals surface area contributed by atoms with Gasteiger partial charge in [-0.3, -0.25) is 4.79 Å². The number of benzene rings is 2. The van der Waals surface area contributed by atoms with Gasteiger partial charge in [0.15, 0.2) is 0 Å². The van der Waals surface area contributed by atoms with Crippen LogP contribution in [0.25, 0.3) is 0 Å². The summed E-state index contributed by atoms with van der Waals surface area (Å²) in [5.74, 6) is 0.604. The standard InChI is InChI=1S/C18H20BrNO2/c1-11(2)22-16-9-8-14(10-15(16)19)18(21)20-17-12(3)6-5-7-13(17)4/h5-11H,1-4H3,(H,20,21). The average Bonchev–Trinajstić information content (AvgIpc) is 2.44. The Kier molecular flexibility index (Phi) is 5.24. The second kappa shape index (κ2) is 6.97. The zero-order valence-electron chi connectivity index (χ0n) is 13.2. The van der Waals surface area contributed by atoms with Gasteiger partial charge in [-0.25, -0.2) is 0 Å². The predicted octanol–water partition coefficient (Wildman–Crippen LogP) is 5.11. The zero-order valence-corrected chi connectivity index (χ0v) is 14.8. The van der Waals surface area contributed by atoms with Crippen molar-refractivity contribution in [3.05, 3.63) is 57.6 Å². The number of hydrogen-bond donors (Lipinski definition) is 1. The summed E-state index contributed by atoms with van der Waals surface area (Å²) in [7, 11) is 0. The number of anilines is 1. The van der Waals surface area contributed by atoms with E-state index < -0.39 is 0 Å². The van der Waals surface area contributed by atoms with E-state index in [1.165, 1.54) is 0 Å². The number of amides is 1. The third-order valence-corrected chi connectivity index (χ3v) is 3.90. The number of para-hydroxylation sites is 1. The first-order chi connectivity index (χ1) is 10.4. The highest BCUT2D eigenvalue weighted by Crippen LogP contribution is 2.28. The van der Waals surface area contributed by atoms with E-state index in [2.05, 4.69) is 21.2 Å². The Morgan fingerprint density at radius 2 is 1.77 bits per heavy atom. The molecule has 0 bridgehead atoms. The molecule has 0 saturated carbocycles. The molecular weight excluding hydrogens is 342 g/mol. The van der Waals surface area contributed by atoms with Crippen LogP contribution >= 0.6 is 15.9 Å². The van der Waals surface area contributed by atoms with Crippen LogP contribution in [-0.2, 0) is 0 Å². The Morgan fingerprint density at radius 3 is 2.32 bits per heavy atom. The summed E-state index contributed by atoms with van der Waals surface area (Å²) >= 11 is 3.45. The summed E-state index contributed by atoms with van der Waals surface area (Å²) in [4.78, 5) is 12.4. The Bertz CT molecular complexity index is 675. The molecule has 4 heteroatoms. The highest BCUT2D eigenvalue weighted by atomic mass is 79.9. The average molecular weight is 362 g/mol. The van der Waals surface area contributed by atoms with Gasteiger partial charge in [0.25, 0.3) is 5.91 Å². The van der Waals surface area contributed by atoms with Gasteiger partial charge in [0, 0.05) is 11.3 Å². The number of hydrogen-bond acceptors (Lipinski definition) is 2. The summed E-state index contributed by atoms with van der Waals surface area (Å²) in [6, 6.07) is 11.3. The molecule has 0 saturated heterocycles. The lowest BCUT2D eigenvalue weighted by Gasteiger charge is -2.14. The second-order valence-electron chi connectivity index (χ2n) is 5.53. The Labute approximate surface area is 139 Å². The van der Waals surface area contributed by atoms with Crippen LogP contribution in [0.2, 0.25) is 0 Å². The van der Waals surface area contributed by atoms with Crippen molar-refractivity contribution in [1.82, 2.24) is 0 Å². The van der Waals surface area contributed by atoms with Gasteiger partial charge in [0.1, 0.15) is 5.75 Å². The summed E-state index contributed by atoms with van der Waals surface area (Å²) < 4.78 is 6.43. The van der Waals surface area contributed by atoms with Crippen LogP contribution in [0.3, 0.4) is 0 Å². The molecule has 0 aromatic heterocycles. The number of nitrogens with one attached hydrogen (secondary N) is 1. The molecule has 0 aliphatic heterocycles. The van der Waals surface area contributed by atoms with Crippen molar-refractivity contribution in [2.45, 2.75) is 33.8 Å². The first-order valence-electron chi connectivity index (χ1n) is 7.22.